The molecule has 56 valence electrons. The van der Waals surface area contributed by atoms with Gasteiger partial charge in [-0.25, -0.2) is 11.6 Å². The molecular formula is C8H7ClN2. The summed E-state index contributed by atoms with van der Waals surface area (Å²) >= 11 is 5.67. The second kappa shape index (κ2) is 3.36. The van der Waals surface area contributed by atoms with Crippen LogP contribution in [0.5, 0.6) is 0 Å². The Labute approximate surface area is 70.7 Å². The van der Waals surface area contributed by atoms with Crippen LogP contribution in [0.25, 0.3) is 4.85 Å². The highest BCUT2D eigenvalue weighted by molar-refractivity contribution is 6.29. The SMILES string of the molecule is [C-]#[N+]Cc1cc(C)nc(Cl)c1. The molecule has 0 fully saturated rings. The Morgan fingerprint density at radius 3 is 2.91 bits per heavy atom. The molecule has 0 aliphatic carbocycles. The van der Waals surface area contributed by atoms with Crippen molar-refractivity contribution in [2.75, 3.05) is 0 Å². The van der Waals surface area contributed by atoms with Crippen LogP contribution in [0.15, 0.2) is 12.1 Å². The minimum atomic E-state index is 0.378. The summed E-state index contributed by atoms with van der Waals surface area (Å²) in [5, 5.41) is 0.462. The lowest BCUT2D eigenvalue weighted by Crippen LogP contribution is -1.86. The van der Waals surface area contributed by atoms with Crippen LogP contribution in [-0.4, -0.2) is 4.98 Å². The highest BCUT2D eigenvalue weighted by atomic mass is 35.5. The van der Waals surface area contributed by atoms with Gasteiger partial charge in [-0.2, -0.15) is 0 Å². The zero-order chi connectivity index (χ0) is 8.27. The van der Waals surface area contributed by atoms with E-state index in [0.717, 1.165) is 11.3 Å². The number of aryl methyl sites for hydroxylation is 1. The molecule has 0 aromatic carbocycles. The van der Waals surface area contributed by atoms with E-state index in [1.807, 2.05) is 13.0 Å². The number of hydrogen-bond donors (Lipinski definition) is 0. The molecule has 1 aromatic rings. The Balaban J connectivity index is 3.01. The lowest BCUT2D eigenvalue weighted by molar-refractivity contribution is 1.14. The van der Waals surface area contributed by atoms with Crippen molar-refractivity contribution >= 4 is 11.6 Å². The molecule has 0 N–H and O–H groups in total. The van der Waals surface area contributed by atoms with Gasteiger partial charge in [0.25, 0.3) is 0 Å². The van der Waals surface area contributed by atoms with Crippen LogP contribution < -0.4 is 0 Å². The Bertz CT molecular complexity index is 281. The van der Waals surface area contributed by atoms with E-state index in [1.165, 1.54) is 0 Å². The zero-order valence-corrected chi connectivity index (χ0v) is 6.89. The molecule has 0 aliphatic heterocycles. The molecule has 0 atom stereocenters. The number of rotatable bonds is 1. The first-order valence-electron chi connectivity index (χ1n) is 3.18. The lowest BCUT2D eigenvalue weighted by Gasteiger charge is -1.95. The summed E-state index contributed by atoms with van der Waals surface area (Å²) < 4.78 is 0. The molecule has 0 radical (unpaired) electrons. The lowest BCUT2D eigenvalue weighted by atomic mass is 10.2. The summed E-state index contributed by atoms with van der Waals surface area (Å²) in [6.07, 6.45) is 0. The topological polar surface area (TPSA) is 17.2 Å². The van der Waals surface area contributed by atoms with Gasteiger partial charge in [0, 0.05) is 11.3 Å². The quantitative estimate of drug-likeness (QED) is 0.463. The first-order valence-corrected chi connectivity index (χ1v) is 3.56. The van der Waals surface area contributed by atoms with Crippen LogP contribution in [0.3, 0.4) is 0 Å². The van der Waals surface area contributed by atoms with Crippen LogP contribution in [-0.2, 0) is 6.54 Å². The van der Waals surface area contributed by atoms with Gasteiger partial charge in [0.1, 0.15) is 5.15 Å². The predicted octanol–water partition coefficient (Wildman–Crippen LogP) is 2.46. The molecule has 0 saturated carbocycles. The van der Waals surface area contributed by atoms with E-state index >= 15 is 0 Å². The van der Waals surface area contributed by atoms with Crippen molar-refractivity contribution < 1.29 is 0 Å². The molecule has 0 bridgehead atoms. The number of hydrogen-bond acceptors (Lipinski definition) is 1. The Morgan fingerprint density at radius 1 is 1.64 bits per heavy atom. The van der Waals surface area contributed by atoms with E-state index in [1.54, 1.807) is 6.07 Å². The van der Waals surface area contributed by atoms with Gasteiger partial charge in [-0.3, -0.25) is 0 Å². The standard InChI is InChI=1S/C8H7ClN2/c1-6-3-7(5-10-2)4-8(9)11-6/h3-4H,5H2,1H3. The van der Waals surface area contributed by atoms with Crippen molar-refractivity contribution in [1.82, 2.24) is 4.98 Å². The van der Waals surface area contributed by atoms with Crippen molar-refractivity contribution in [3.8, 4) is 0 Å². The minimum Gasteiger partial charge on any atom is -0.312 e. The van der Waals surface area contributed by atoms with E-state index in [0.29, 0.717) is 11.7 Å². The summed E-state index contributed by atoms with van der Waals surface area (Å²) in [5.74, 6) is 0. The summed E-state index contributed by atoms with van der Waals surface area (Å²) in [6, 6.07) is 3.58. The predicted molar refractivity (Wildman–Crippen MR) is 44.3 cm³/mol. The smallest absolute Gasteiger partial charge is 0.239 e. The molecule has 1 heterocycles. The van der Waals surface area contributed by atoms with Gasteiger partial charge in [-0.05, 0) is 19.1 Å². The molecule has 0 aliphatic rings. The monoisotopic (exact) mass is 166 g/mol. The van der Waals surface area contributed by atoms with Gasteiger partial charge in [-0.1, -0.05) is 11.6 Å². The molecule has 0 saturated heterocycles. The van der Waals surface area contributed by atoms with Gasteiger partial charge >= 0.3 is 0 Å². The average Bonchev–Trinajstić information content (AvgIpc) is 1.85. The van der Waals surface area contributed by atoms with Crippen LogP contribution in [0.1, 0.15) is 11.3 Å². The second-order valence-corrected chi connectivity index (χ2v) is 2.64. The minimum absolute atomic E-state index is 0.378. The average molecular weight is 167 g/mol. The van der Waals surface area contributed by atoms with Crippen molar-refractivity contribution in [3.63, 3.8) is 0 Å². The van der Waals surface area contributed by atoms with Gasteiger partial charge in [-0.15, -0.1) is 0 Å². The summed E-state index contributed by atoms with van der Waals surface area (Å²) in [4.78, 5) is 7.23. The summed E-state index contributed by atoms with van der Waals surface area (Å²) in [7, 11) is 0. The van der Waals surface area contributed by atoms with Gasteiger partial charge in [0.15, 0.2) is 0 Å². The molecule has 0 spiro atoms. The molecule has 3 heteroatoms. The fraction of sp³-hybridized carbons (Fsp3) is 0.250. The van der Waals surface area contributed by atoms with Crippen LogP contribution in [0.4, 0.5) is 0 Å². The summed E-state index contributed by atoms with van der Waals surface area (Å²) in [6.45, 7) is 8.88. The fourth-order valence-corrected chi connectivity index (χ4v) is 1.15. The molecule has 0 unspecified atom stereocenters. The van der Waals surface area contributed by atoms with E-state index in [-0.39, 0.29) is 0 Å². The normalized spacial score (nSPS) is 9.18. The largest absolute Gasteiger partial charge is 0.312 e. The molecular weight excluding hydrogens is 160 g/mol. The van der Waals surface area contributed by atoms with Crippen molar-refractivity contribution in [3.05, 3.63) is 40.0 Å². The Hall–Kier alpha value is -1.07. The van der Waals surface area contributed by atoms with Crippen molar-refractivity contribution in [1.29, 1.82) is 0 Å². The molecule has 2 nitrogen and oxygen atoms in total. The third-order valence-electron chi connectivity index (χ3n) is 1.24. The number of halogens is 1. The number of aromatic nitrogens is 1. The number of pyridine rings is 1. The first-order chi connectivity index (χ1) is 5.22. The zero-order valence-electron chi connectivity index (χ0n) is 6.13. The number of nitrogens with zero attached hydrogens (tertiary/aromatic N) is 2. The Kier molecular flexibility index (Phi) is 2.45. The van der Waals surface area contributed by atoms with Crippen LogP contribution in [0, 0.1) is 13.5 Å². The van der Waals surface area contributed by atoms with Crippen molar-refractivity contribution in [2.24, 2.45) is 0 Å². The highest BCUT2D eigenvalue weighted by Gasteiger charge is 1.98. The maximum Gasteiger partial charge on any atom is 0.239 e. The van der Waals surface area contributed by atoms with E-state index in [4.69, 9.17) is 18.2 Å². The van der Waals surface area contributed by atoms with E-state index in [2.05, 4.69) is 9.83 Å². The molecule has 11 heavy (non-hydrogen) atoms. The third-order valence-corrected chi connectivity index (χ3v) is 1.44. The van der Waals surface area contributed by atoms with Crippen LogP contribution >= 0.6 is 11.6 Å². The van der Waals surface area contributed by atoms with Crippen LogP contribution in [0.2, 0.25) is 5.15 Å². The second-order valence-electron chi connectivity index (χ2n) is 2.26. The third kappa shape index (κ3) is 2.21. The Morgan fingerprint density at radius 2 is 2.36 bits per heavy atom. The van der Waals surface area contributed by atoms with Crippen molar-refractivity contribution in [2.45, 2.75) is 13.5 Å². The van der Waals surface area contributed by atoms with E-state index < -0.39 is 0 Å². The van der Waals surface area contributed by atoms with Gasteiger partial charge in [0.2, 0.25) is 6.54 Å². The molecule has 0 amide bonds. The maximum atomic E-state index is 6.64. The van der Waals surface area contributed by atoms with Gasteiger partial charge in [0.05, 0.1) is 0 Å². The molecule has 1 rings (SSSR count). The fourth-order valence-electron chi connectivity index (χ4n) is 0.879. The maximum absolute atomic E-state index is 6.64. The first kappa shape index (κ1) is 8.03. The summed E-state index contributed by atoms with van der Waals surface area (Å²) in [5.41, 5.74) is 1.79. The highest BCUT2D eigenvalue weighted by Crippen LogP contribution is 2.10. The van der Waals surface area contributed by atoms with E-state index in [9.17, 15) is 0 Å². The molecule has 1 aromatic heterocycles. The van der Waals surface area contributed by atoms with Gasteiger partial charge < -0.3 is 4.85 Å².